The summed E-state index contributed by atoms with van der Waals surface area (Å²) in [6, 6.07) is 31.7. The topological polar surface area (TPSA) is 0 Å². The summed E-state index contributed by atoms with van der Waals surface area (Å²) in [5.41, 5.74) is 16.9. The SMILES string of the molecule is CCCC(C)(C1=Cc2c(cccc2-c2ccc(C)cc2)C1)C1=Cc2c(cccc2-c2ccc(C)cc2)C1. The molecule has 2 aliphatic carbocycles. The van der Waals surface area contributed by atoms with Crippen LogP contribution in [0.5, 0.6) is 0 Å². The molecule has 0 unspecified atom stereocenters. The second-order valence-electron chi connectivity index (χ2n) is 11.3. The van der Waals surface area contributed by atoms with Crippen LogP contribution in [0.1, 0.15) is 60.1 Å². The minimum absolute atomic E-state index is 0.0574. The maximum Gasteiger partial charge on any atom is 0.0105 e. The number of rotatable bonds is 6. The van der Waals surface area contributed by atoms with Gasteiger partial charge in [-0.1, -0.05) is 140 Å². The monoisotopic (exact) mass is 480 g/mol. The molecule has 4 aromatic carbocycles. The Morgan fingerprint density at radius 3 is 1.43 bits per heavy atom. The summed E-state index contributed by atoms with van der Waals surface area (Å²) >= 11 is 0. The summed E-state index contributed by atoms with van der Waals surface area (Å²) in [4.78, 5) is 0. The highest BCUT2D eigenvalue weighted by atomic mass is 14.4. The van der Waals surface area contributed by atoms with Gasteiger partial charge in [0.25, 0.3) is 0 Å². The highest BCUT2D eigenvalue weighted by Gasteiger charge is 2.37. The Bertz CT molecular complexity index is 1410. The van der Waals surface area contributed by atoms with E-state index in [1.807, 2.05) is 0 Å². The Balaban J connectivity index is 1.41. The molecule has 0 radical (unpaired) electrons. The molecule has 0 atom stereocenters. The van der Waals surface area contributed by atoms with E-state index in [1.54, 1.807) is 11.1 Å². The Labute approximate surface area is 222 Å². The number of allylic oxidation sites excluding steroid dienone is 2. The van der Waals surface area contributed by atoms with Gasteiger partial charge < -0.3 is 0 Å². The van der Waals surface area contributed by atoms with E-state index in [-0.39, 0.29) is 5.41 Å². The Hall–Kier alpha value is -3.64. The lowest BCUT2D eigenvalue weighted by atomic mass is 9.71. The van der Waals surface area contributed by atoms with Gasteiger partial charge in [0.1, 0.15) is 0 Å². The first-order chi connectivity index (χ1) is 18.0. The Morgan fingerprint density at radius 1 is 0.595 bits per heavy atom. The minimum Gasteiger partial charge on any atom is -0.0653 e. The molecule has 0 spiro atoms. The van der Waals surface area contributed by atoms with Crippen LogP contribution in [-0.2, 0) is 12.8 Å². The fraction of sp³-hybridized carbons (Fsp3) is 0.243. The first-order valence-corrected chi connectivity index (χ1v) is 13.8. The van der Waals surface area contributed by atoms with Crippen molar-refractivity contribution >= 4 is 12.2 Å². The molecule has 0 amide bonds. The van der Waals surface area contributed by atoms with E-state index in [9.17, 15) is 0 Å². The quantitative estimate of drug-likeness (QED) is 0.257. The minimum atomic E-state index is 0.0574. The highest BCUT2D eigenvalue weighted by Crippen LogP contribution is 2.51. The molecule has 184 valence electrons. The molecule has 0 saturated heterocycles. The van der Waals surface area contributed by atoms with Crippen LogP contribution >= 0.6 is 0 Å². The van der Waals surface area contributed by atoms with Crippen molar-refractivity contribution in [2.45, 2.75) is 53.4 Å². The van der Waals surface area contributed by atoms with Crippen LogP contribution in [0.4, 0.5) is 0 Å². The molecular weight excluding hydrogens is 444 g/mol. The van der Waals surface area contributed by atoms with Crippen LogP contribution in [0, 0.1) is 19.3 Å². The molecule has 0 nitrogen and oxygen atoms in total. The fourth-order valence-electron chi connectivity index (χ4n) is 6.44. The van der Waals surface area contributed by atoms with E-state index in [4.69, 9.17) is 0 Å². The predicted molar refractivity (Wildman–Crippen MR) is 160 cm³/mol. The molecule has 4 aromatic rings. The van der Waals surface area contributed by atoms with Crippen LogP contribution in [0.25, 0.3) is 34.4 Å². The van der Waals surface area contributed by atoms with Crippen LogP contribution in [-0.4, -0.2) is 0 Å². The summed E-state index contributed by atoms with van der Waals surface area (Å²) in [6.45, 7) is 9.15. The summed E-state index contributed by atoms with van der Waals surface area (Å²) in [5, 5.41) is 0. The predicted octanol–water partition coefficient (Wildman–Crippen LogP) is 10.0. The Kier molecular flexibility index (Phi) is 6.00. The van der Waals surface area contributed by atoms with E-state index < -0.39 is 0 Å². The smallest absolute Gasteiger partial charge is 0.0105 e. The number of aryl methyl sites for hydroxylation is 2. The van der Waals surface area contributed by atoms with Crippen LogP contribution in [0.15, 0.2) is 96.1 Å². The largest absolute Gasteiger partial charge is 0.0653 e. The first-order valence-electron chi connectivity index (χ1n) is 13.8. The van der Waals surface area contributed by atoms with Crippen molar-refractivity contribution in [1.29, 1.82) is 0 Å². The summed E-state index contributed by atoms with van der Waals surface area (Å²) < 4.78 is 0. The number of benzene rings is 4. The number of hydrogen-bond acceptors (Lipinski definition) is 0. The normalized spacial score (nSPS) is 14.3. The van der Waals surface area contributed by atoms with Crippen molar-refractivity contribution in [2.75, 3.05) is 0 Å². The lowest BCUT2D eigenvalue weighted by Crippen LogP contribution is -2.22. The first kappa shape index (κ1) is 23.7. The van der Waals surface area contributed by atoms with E-state index in [0.717, 1.165) is 12.8 Å². The molecule has 0 N–H and O–H groups in total. The summed E-state index contributed by atoms with van der Waals surface area (Å²) in [5.74, 6) is 0. The van der Waals surface area contributed by atoms with E-state index in [1.165, 1.54) is 68.5 Å². The number of hydrogen-bond donors (Lipinski definition) is 0. The van der Waals surface area contributed by atoms with Crippen molar-refractivity contribution in [3.05, 3.63) is 129 Å². The van der Waals surface area contributed by atoms with Gasteiger partial charge in [-0.2, -0.15) is 0 Å². The van der Waals surface area contributed by atoms with Gasteiger partial charge in [0.15, 0.2) is 0 Å². The molecule has 0 saturated carbocycles. The van der Waals surface area contributed by atoms with Crippen molar-refractivity contribution in [3.63, 3.8) is 0 Å². The second-order valence-corrected chi connectivity index (χ2v) is 11.3. The van der Waals surface area contributed by atoms with E-state index in [0.29, 0.717) is 0 Å². The van der Waals surface area contributed by atoms with Gasteiger partial charge in [-0.15, -0.1) is 0 Å². The molecule has 0 bridgehead atoms. The van der Waals surface area contributed by atoms with Gasteiger partial charge in [0, 0.05) is 5.41 Å². The third kappa shape index (κ3) is 4.19. The van der Waals surface area contributed by atoms with Crippen molar-refractivity contribution in [2.24, 2.45) is 5.41 Å². The molecule has 0 fully saturated rings. The standard InChI is InChI=1S/C37H36/c1-5-20-37(4,31-21-29-8-6-10-33(35(29)23-31)27-16-12-25(2)13-17-27)32-22-30-9-7-11-34(36(30)24-32)28-18-14-26(3)15-19-28/h6-19,23-24H,5,20-22H2,1-4H3. The second kappa shape index (κ2) is 9.34. The van der Waals surface area contributed by atoms with Gasteiger partial charge in [-0.25, -0.2) is 0 Å². The van der Waals surface area contributed by atoms with Gasteiger partial charge >= 0.3 is 0 Å². The fourth-order valence-corrected chi connectivity index (χ4v) is 6.44. The molecule has 37 heavy (non-hydrogen) atoms. The van der Waals surface area contributed by atoms with E-state index >= 15 is 0 Å². The molecule has 2 aliphatic rings. The maximum absolute atomic E-state index is 2.53. The van der Waals surface area contributed by atoms with Gasteiger partial charge in [-0.05, 0) is 77.6 Å². The van der Waals surface area contributed by atoms with Crippen molar-refractivity contribution < 1.29 is 0 Å². The van der Waals surface area contributed by atoms with Gasteiger partial charge in [0.05, 0.1) is 0 Å². The molecular formula is C37H36. The Morgan fingerprint density at radius 2 is 1.03 bits per heavy atom. The zero-order valence-corrected chi connectivity index (χ0v) is 22.6. The molecule has 0 aromatic heterocycles. The van der Waals surface area contributed by atoms with Gasteiger partial charge in [0.2, 0.25) is 0 Å². The molecule has 0 heterocycles. The maximum atomic E-state index is 2.53. The van der Waals surface area contributed by atoms with Crippen molar-refractivity contribution in [3.8, 4) is 22.3 Å². The lowest BCUT2D eigenvalue weighted by Gasteiger charge is -2.33. The molecule has 6 rings (SSSR count). The lowest BCUT2D eigenvalue weighted by molar-refractivity contribution is 0.424. The summed E-state index contributed by atoms with van der Waals surface area (Å²) in [7, 11) is 0. The van der Waals surface area contributed by atoms with Gasteiger partial charge in [-0.3, -0.25) is 0 Å². The third-order valence-electron chi connectivity index (χ3n) is 8.68. The zero-order valence-electron chi connectivity index (χ0n) is 22.6. The van der Waals surface area contributed by atoms with E-state index in [2.05, 4.69) is 125 Å². The van der Waals surface area contributed by atoms with Crippen molar-refractivity contribution in [1.82, 2.24) is 0 Å². The summed E-state index contributed by atoms with van der Waals surface area (Å²) in [6.07, 6.45) is 9.50. The molecule has 0 heteroatoms. The average Bonchev–Trinajstić information content (AvgIpc) is 3.55. The molecule has 0 aliphatic heterocycles. The third-order valence-corrected chi connectivity index (χ3v) is 8.68. The van der Waals surface area contributed by atoms with Crippen LogP contribution < -0.4 is 0 Å². The average molecular weight is 481 g/mol. The van der Waals surface area contributed by atoms with Crippen LogP contribution in [0.2, 0.25) is 0 Å². The van der Waals surface area contributed by atoms with Crippen LogP contribution in [0.3, 0.4) is 0 Å². The zero-order chi connectivity index (χ0) is 25.6. The highest BCUT2D eigenvalue weighted by molar-refractivity contribution is 5.84. The number of fused-ring (bicyclic) bond motifs is 2.